The fourth-order valence-corrected chi connectivity index (χ4v) is 7.98. The maximum Gasteiger partial charge on any atom is 0.245 e. The smallest absolute Gasteiger partial charge is 0.245 e. The summed E-state index contributed by atoms with van der Waals surface area (Å²) in [4.78, 5) is 32.5. The highest BCUT2D eigenvalue weighted by atomic mass is 35.5. The van der Waals surface area contributed by atoms with E-state index in [1.165, 1.54) is 10.6 Å². The number of para-hydroxylation sites is 2. The fraction of sp³-hybridized carbons (Fsp3) is 0.500. The highest BCUT2D eigenvalue weighted by Crippen LogP contribution is 2.47. The van der Waals surface area contributed by atoms with E-state index in [2.05, 4.69) is 10.3 Å². The molecule has 240 valence electrons. The van der Waals surface area contributed by atoms with Crippen LogP contribution in [0.15, 0.2) is 54.7 Å². The molecular formula is C32H44ClN5O5S. The fourth-order valence-electron chi connectivity index (χ4n) is 6.98. The first-order valence-corrected chi connectivity index (χ1v) is 16.8. The summed E-state index contributed by atoms with van der Waals surface area (Å²) >= 11 is 0. The molecule has 2 aromatic carbocycles. The molecule has 12 heteroatoms. The summed E-state index contributed by atoms with van der Waals surface area (Å²) in [6.07, 6.45) is 4.53. The molecule has 1 saturated heterocycles. The normalized spacial score (nSPS) is 18.8. The molecule has 3 heterocycles. The zero-order valence-corrected chi connectivity index (χ0v) is 27.2. The Hall–Kier alpha value is -3.12. The molecule has 10 nitrogen and oxygen atoms in total. The number of aromatic amines is 1. The lowest BCUT2D eigenvalue weighted by atomic mass is 9.74. The van der Waals surface area contributed by atoms with Gasteiger partial charge in [-0.3, -0.25) is 13.9 Å². The number of nitrogens with two attached hydrogens (primary N) is 1. The van der Waals surface area contributed by atoms with Crippen molar-refractivity contribution in [2.45, 2.75) is 63.5 Å². The van der Waals surface area contributed by atoms with Crippen molar-refractivity contribution in [2.24, 2.45) is 11.1 Å². The predicted octanol–water partition coefficient (Wildman–Crippen LogP) is 3.08. The third-order valence-corrected chi connectivity index (χ3v) is 10.3. The molecule has 3 atom stereocenters. The average Bonchev–Trinajstić information content (AvgIpc) is 3.52. The second-order valence-electron chi connectivity index (χ2n) is 12.8. The molecule has 44 heavy (non-hydrogen) atoms. The van der Waals surface area contributed by atoms with Gasteiger partial charge < -0.3 is 26.0 Å². The number of aliphatic hydroxyl groups excluding tert-OH is 1. The molecule has 5 N–H and O–H groups in total. The third-order valence-electron chi connectivity index (χ3n) is 9.22. The first kappa shape index (κ1) is 33.8. The van der Waals surface area contributed by atoms with Crippen molar-refractivity contribution in [1.29, 1.82) is 0 Å². The Bertz CT molecular complexity index is 1600. The Morgan fingerprint density at radius 2 is 1.80 bits per heavy atom. The zero-order valence-electron chi connectivity index (χ0n) is 25.6. The first-order valence-electron chi connectivity index (χ1n) is 14.9. The molecule has 0 saturated carbocycles. The Morgan fingerprint density at radius 3 is 2.45 bits per heavy atom. The van der Waals surface area contributed by atoms with Gasteiger partial charge in [0.05, 0.1) is 18.0 Å². The summed E-state index contributed by atoms with van der Waals surface area (Å²) in [5.74, 6) is -0.446. The molecule has 2 aliphatic heterocycles. The van der Waals surface area contributed by atoms with Crippen LogP contribution in [0, 0.1) is 5.41 Å². The quantitative estimate of drug-likeness (QED) is 0.266. The van der Waals surface area contributed by atoms with Gasteiger partial charge in [0, 0.05) is 55.0 Å². The first-order chi connectivity index (χ1) is 20.3. The molecule has 1 fully saturated rings. The van der Waals surface area contributed by atoms with Gasteiger partial charge in [-0.15, -0.1) is 12.4 Å². The summed E-state index contributed by atoms with van der Waals surface area (Å²) in [7, 11) is -3.44. The number of carbonyl (C=O) groups excluding carboxylic acids is 2. The van der Waals surface area contributed by atoms with Crippen molar-refractivity contribution in [3.63, 3.8) is 0 Å². The van der Waals surface area contributed by atoms with E-state index >= 15 is 0 Å². The number of halogens is 1. The van der Waals surface area contributed by atoms with Crippen molar-refractivity contribution in [3.8, 4) is 0 Å². The van der Waals surface area contributed by atoms with Crippen LogP contribution in [0.25, 0.3) is 10.9 Å². The Balaban J connectivity index is 0.00000442. The number of carbonyl (C=O) groups is 2. The number of hydrogen-bond donors (Lipinski definition) is 4. The zero-order chi connectivity index (χ0) is 31.0. The minimum atomic E-state index is -3.44. The Labute approximate surface area is 265 Å². The largest absolute Gasteiger partial charge is 0.393 e. The van der Waals surface area contributed by atoms with Crippen LogP contribution in [-0.2, 0) is 31.4 Å². The molecule has 1 aromatic heterocycles. The van der Waals surface area contributed by atoms with E-state index in [4.69, 9.17) is 5.73 Å². The third kappa shape index (κ3) is 6.91. The molecule has 5 rings (SSSR count). The number of aromatic nitrogens is 1. The number of fused-ring (bicyclic) bond motifs is 3. The van der Waals surface area contributed by atoms with Crippen molar-refractivity contribution in [3.05, 3.63) is 65.9 Å². The second kappa shape index (κ2) is 13.1. The molecule has 0 aliphatic carbocycles. The number of sulfonamides is 1. The predicted molar refractivity (Wildman–Crippen MR) is 175 cm³/mol. The van der Waals surface area contributed by atoms with Gasteiger partial charge in [0.2, 0.25) is 21.8 Å². The van der Waals surface area contributed by atoms with E-state index in [0.717, 1.165) is 27.7 Å². The van der Waals surface area contributed by atoms with Crippen LogP contribution in [0.5, 0.6) is 0 Å². The number of hydrogen-bond acceptors (Lipinski definition) is 6. The molecule has 3 aromatic rings. The number of amides is 2. The van der Waals surface area contributed by atoms with Gasteiger partial charge in [0.15, 0.2) is 0 Å². The molecular weight excluding hydrogens is 602 g/mol. The van der Waals surface area contributed by atoms with Crippen LogP contribution < -0.4 is 15.4 Å². The molecule has 1 spiro atoms. The maximum absolute atomic E-state index is 14.1. The summed E-state index contributed by atoms with van der Waals surface area (Å²) in [6.45, 7) is 5.05. The van der Waals surface area contributed by atoms with Crippen molar-refractivity contribution in [1.82, 2.24) is 15.2 Å². The lowest BCUT2D eigenvalue weighted by molar-refractivity contribution is -0.138. The molecule has 2 aliphatic rings. The van der Waals surface area contributed by atoms with Crippen LogP contribution in [0.1, 0.15) is 50.7 Å². The van der Waals surface area contributed by atoms with Gasteiger partial charge in [0.25, 0.3) is 0 Å². The van der Waals surface area contributed by atoms with Crippen LogP contribution in [0.4, 0.5) is 5.69 Å². The number of rotatable bonds is 10. The number of piperidine rings is 1. The van der Waals surface area contributed by atoms with Gasteiger partial charge in [-0.05, 0) is 61.4 Å². The van der Waals surface area contributed by atoms with Gasteiger partial charge >= 0.3 is 0 Å². The monoisotopic (exact) mass is 645 g/mol. The summed E-state index contributed by atoms with van der Waals surface area (Å²) in [5, 5.41) is 14.0. The molecule has 2 amide bonds. The highest BCUT2D eigenvalue weighted by molar-refractivity contribution is 7.92. The topological polar surface area (TPSA) is 149 Å². The van der Waals surface area contributed by atoms with Crippen LogP contribution in [-0.4, -0.2) is 79.8 Å². The van der Waals surface area contributed by atoms with E-state index in [0.29, 0.717) is 45.3 Å². The number of aliphatic hydroxyl groups is 1. The standard InChI is InChI=1S/C32H43N5O5S.ClH/c1-22(38)17-31(2,20-33)18-29(39)35-27(16-23-19-34-26-10-6-4-8-24(23)26)30(40)36-14-12-32(13-15-36)21-37(43(3,41)42)28-11-7-5-9-25(28)32;/h4-11,19,22,27,34,38H,12-18,20-21,33H2,1-3H3,(H,35,39);1H/t22-,27-,31?;/m1./s1. The van der Waals surface area contributed by atoms with E-state index in [1.54, 1.807) is 11.8 Å². The average molecular weight is 646 g/mol. The van der Waals surface area contributed by atoms with Crippen molar-refractivity contribution < 1.29 is 23.1 Å². The Kier molecular flexibility index (Phi) is 10.0. The van der Waals surface area contributed by atoms with Crippen molar-refractivity contribution >= 4 is 50.8 Å². The second-order valence-corrected chi connectivity index (χ2v) is 14.7. The number of nitrogens with one attached hydrogen (secondary N) is 2. The number of benzene rings is 2. The molecule has 0 radical (unpaired) electrons. The van der Waals surface area contributed by atoms with Gasteiger partial charge in [-0.2, -0.15) is 0 Å². The number of nitrogens with zero attached hydrogens (tertiary/aromatic N) is 2. The lowest BCUT2D eigenvalue weighted by Crippen LogP contribution is -2.54. The molecule has 0 bridgehead atoms. The Morgan fingerprint density at radius 1 is 1.14 bits per heavy atom. The minimum absolute atomic E-state index is 0. The van der Waals surface area contributed by atoms with E-state index < -0.39 is 27.6 Å². The molecule has 1 unspecified atom stereocenters. The van der Waals surface area contributed by atoms with Gasteiger partial charge in [0.1, 0.15) is 6.04 Å². The van der Waals surface area contributed by atoms with E-state index in [1.807, 2.05) is 61.7 Å². The van der Waals surface area contributed by atoms with Gasteiger partial charge in [-0.25, -0.2) is 8.42 Å². The van der Waals surface area contributed by atoms with Crippen LogP contribution in [0.3, 0.4) is 0 Å². The minimum Gasteiger partial charge on any atom is -0.393 e. The van der Waals surface area contributed by atoms with Crippen molar-refractivity contribution in [2.75, 3.05) is 36.7 Å². The number of likely N-dealkylation sites (tertiary alicyclic amines) is 1. The summed E-state index contributed by atoms with van der Waals surface area (Å²) < 4.78 is 26.7. The maximum atomic E-state index is 14.1. The highest BCUT2D eigenvalue weighted by Gasteiger charge is 2.48. The summed E-state index contributed by atoms with van der Waals surface area (Å²) in [5.41, 5.74) is 8.64. The van der Waals surface area contributed by atoms with Crippen LogP contribution in [0.2, 0.25) is 0 Å². The number of H-pyrrole nitrogens is 1. The van der Waals surface area contributed by atoms with Crippen LogP contribution >= 0.6 is 12.4 Å². The van der Waals surface area contributed by atoms with Gasteiger partial charge in [-0.1, -0.05) is 43.3 Å². The number of anilines is 1. The van der Waals surface area contributed by atoms with E-state index in [-0.39, 0.29) is 42.6 Å². The lowest BCUT2D eigenvalue weighted by Gasteiger charge is -2.41. The van der Waals surface area contributed by atoms with E-state index in [9.17, 15) is 23.1 Å². The SMILES string of the molecule is C[C@@H](O)CC(C)(CN)CC(=O)N[C@H](Cc1c[nH]c2ccccc12)C(=O)N1CCC2(CC1)CN(S(C)(=O)=O)c1ccccc12.Cl. The summed E-state index contributed by atoms with van der Waals surface area (Å²) in [6, 6.07) is 14.7.